The van der Waals surface area contributed by atoms with E-state index < -0.39 is 10.0 Å². The van der Waals surface area contributed by atoms with Gasteiger partial charge in [-0.05, 0) is 6.26 Å². The van der Waals surface area contributed by atoms with E-state index in [1.165, 1.54) is 12.4 Å². The Kier molecular flexibility index (Phi) is 3.76. The second kappa shape index (κ2) is 4.64. The molecule has 2 N–H and O–H groups in total. The standard InChI is InChI=1S/C6H11N3O2S2/c1-12-3-2-9-13(10,11)6-4-7-8-5-6/h4-5,9H,2-3H2,1H3,(H,7,8). The number of hydrogen-bond acceptors (Lipinski definition) is 4. The number of rotatable bonds is 5. The molecule has 0 radical (unpaired) electrons. The van der Waals surface area contributed by atoms with Crippen molar-refractivity contribution in [2.75, 3.05) is 18.6 Å². The molecule has 1 aromatic rings. The minimum Gasteiger partial charge on any atom is -0.284 e. The minimum atomic E-state index is -3.35. The Hall–Kier alpha value is -0.530. The Bertz CT molecular complexity index is 333. The molecule has 0 aromatic carbocycles. The number of aromatic nitrogens is 2. The first kappa shape index (κ1) is 10.6. The van der Waals surface area contributed by atoms with Crippen LogP contribution in [0, 0.1) is 0 Å². The molecular weight excluding hydrogens is 210 g/mol. The van der Waals surface area contributed by atoms with Crippen molar-refractivity contribution in [2.24, 2.45) is 0 Å². The zero-order valence-corrected chi connectivity index (χ0v) is 8.78. The van der Waals surface area contributed by atoms with Crippen LogP contribution in [0.15, 0.2) is 17.3 Å². The quantitative estimate of drug-likeness (QED) is 0.689. The summed E-state index contributed by atoms with van der Waals surface area (Å²) in [6, 6.07) is 0. The van der Waals surface area contributed by atoms with E-state index in [0.29, 0.717) is 6.54 Å². The van der Waals surface area contributed by atoms with Crippen molar-refractivity contribution in [1.82, 2.24) is 14.9 Å². The van der Waals surface area contributed by atoms with Gasteiger partial charge in [-0.15, -0.1) is 0 Å². The van der Waals surface area contributed by atoms with Crippen molar-refractivity contribution in [3.05, 3.63) is 12.4 Å². The Morgan fingerprint density at radius 3 is 3.00 bits per heavy atom. The maximum atomic E-state index is 11.4. The van der Waals surface area contributed by atoms with Gasteiger partial charge < -0.3 is 0 Å². The fourth-order valence-corrected chi connectivity index (χ4v) is 2.12. The number of nitrogens with zero attached hydrogens (tertiary/aromatic N) is 1. The van der Waals surface area contributed by atoms with Crippen molar-refractivity contribution in [3.8, 4) is 0 Å². The zero-order chi connectivity index (χ0) is 9.73. The maximum Gasteiger partial charge on any atom is 0.243 e. The first-order chi connectivity index (χ1) is 6.17. The molecule has 0 unspecified atom stereocenters. The minimum absolute atomic E-state index is 0.175. The Labute approximate surface area is 81.4 Å². The summed E-state index contributed by atoms with van der Waals surface area (Å²) >= 11 is 1.59. The van der Waals surface area contributed by atoms with E-state index in [0.717, 1.165) is 5.75 Å². The van der Waals surface area contributed by atoms with Crippen LogP contribution >= 0.6 is 11.8 Å². The lowest BCUT2D eigenvalue weighted by molar-refractivity contribution is 0.584. The van der Waals surface area contributed by atoms with E-state index in [1.807, 2.05) is 6.26 Å². The highest BCUT2D eigenvalue weighted by molar-refractivity contribution is 7.98. The molecule has 5 nitrogen and oxygen atoms in total. The number of thioether (sulfide) groups is 1. The van der Waals surface area contributed by atoms with Gasteiger partial charge in [0.25, 0.3) is 0 Å². The van der Waals surface area contributed by atoms with Gasteiger partial charge in [-0.1, -0.05) is 0 Å². The molecule has 0 aliphatic carbocycles. The average Bonchev–Trinajstić information content (AvgIpc) is 2.56. The van der Waals surface area contributed by atoms with E-state index >= 15 is 0 Å². The predicted molar refractivity (Wildman–Crippen MR) is 52.2 cm³/mol. The van der Waals surface area contributed by atoms with Crippen molar-refractivity contribution < 1.29 is 8.42 Å². The highest BCUT2D eigenvalue weighted by Gasteiger charge is 2.13. The molecule has 0 amide bonds. The van der Waals surface area contributed by atoms with Crippen LogP contribution in [0.4, 0.5) is 0 Å². The molecule has 0 fully saturated rings. The molecule has 13 heavy (non-hydrogen) atoms. The second-order valence-corrected chi connectivity index (χ2v) is 5.08. The van der Waals surface area contributed by atoms with Crippen molar-refractivity contribution in [3.63, 3.8) is 0 Å². The molecule has 0 saturated heterocycles. The summed E-state index contributed by atoms with van der Waals surface area (Å²) in [6.45, 7) is 0.439. The summed E-state index contributed by atoms with van der Waals surface area (Å²) in [7, 11) is -3.35. The monoisotopic (exact) mass is 221 g/mol. The Morgan fingerprint density at radius 2 is 2.46 bits per heavy atom. The van der Waals surface area contributed by atoms with Crippen molar-refractivity contribution in [1.29, 1.82) is 0 Å². The van der Waals surface area contributed by atoms with Gasteiger partial charge >= 0.3 is 0 Å². The molecule has 0 aliphatic heterocycles. The van der Waals surface area contributed by atoms with Gasteiger partial charge in [0.05, 0.1) is 6.20 Å². The molecule has 0 atom stereocenters. The predicted octanol–water partition coefficient (Wildman–Crippen LogP) is 0.0510. The average molecular weight is 221 g/mol. The van der Waals surface area contributed by atoms with Crippen LogP contribution in [-0.2, 0) is 10.0 Å². The van der Waals surface area contributed by atoms with Crippen LogP contribution in [-0.4, -0.2) is 37.2 Å². The summed E-state index contributed by atoms with van der Waals surface area (Å²) in [5, 5.41) is 6.02. The molecule has 0 bridgehead atoms. The van der Waals surface area contributed by atoms with Crippen LogP contribution in [0.25, 0.3) is 0 Å². The van der Waals surface area contributed by atoms with Crippen molar-refractivity contribution >= 4 is 21.8 Å². The van der Waals surface area contributed by atoms with Gasteiger partial charge in [-0.3, -0.25) is 5.10 Å². The molecule has 1 rings (SSSR count). The van der Waals surface area contributed by atoms with E-state index in [-0.39, 0.29) is 4.90 Å². The molecule has 7 heteroatoms. The summed E-state index contributed by atoms with van der Waals surface area (Å²) < 4.78 is 25.2. The lowest BCUT2D eigenvalue weighted by atomic mass is 10.7. The number of aromatic amines is 1. The summed E-state index contributed by atoms with van der Waals surface area (Å²) in [5.41, 5.74) is 0. The Balaban J connectivity index is 2.58. The molecule has 0 aliphatic rings. The van der Waals surface area contributed by atoms with Crippen LogP contribution in [0.1, 0.15) is 0 Å². The van der Waals surface area contributed by atoms with Gasteiger partial charge in [0, 0.05) is 18.5 Å². The number of H-pyrrole nitrogens is 1. The first-order valence-corrected chi connectivity index (χ1v) is 6.52. The maximum absolute atomic E-state index is 11.4. The fourth-order valence-electron chi connectivity index (χ4n) is 0.747. The zero-order valence-electron chi connectivity index (χ0n) is 7.15. The third-order valence-corrected chi connectivity index (χ3v) is 3.42. The second-order valence-electron chi connectivity index (χ2n) is 2.32. The third kappa shape index (κ3) is 3.02. The van der Waals surface area contributed by atoms with Gasteiger partial charge in [0.1, 0.15) is 4.90 Å². The lowest BCUT2D eigenvalue weighted by Crippen LogP contribution is -2.25. The van der Waals surface area contributed by atoms with E-state index in [4.69, 9.17) is 0 Å². The highest BCUT2D eigenvalue weighted by atomic mass is 32.2. The number of nitrogens with one attached hydrogen (secondary N) is 2. The SMILES string of the molecule is CSCCNS(=O)(=O)c1cn[nH]c1. The van der Waals surface area contributed by atoms with Gasteiger partial charge in [0.15, 0.2) is 0 Å². The Morgan fingerprint density at radius 1 is 1.69 bits per heavy atom. The summed E-state index contributed by atoms with van der Waals surface area (Å²) in [5.74, 6) is 0.761. The van der Waals surface area contributed by atoms with E-state index in [2.05, 4.69) is 14.9 Å². The molecule has 0 spiro atoms. The molecule has 0 saturated carbocycles. The summed E-state index contributed by atoms with van der Waals surface area (Å²) in [4.78, 5) is 0.175. The molecule has 74 valence electrons. The summed E-state index contributed by atoms with van der Waals surface area (Å²) in [6.07, 6.45) is 4.55. The van der Waals surface area contributed by atoms with Crippen LogP contribution < -0.4 is 4.72 Å². The highest BCUT2D eigenvalue weighted by Crippen LogP contribution is 2.03. The molecule has 1 aromatic heterocycles. The number of hydrogen-bond donors (Lipinski definition) is 2. The van der Waals surface area contributed by atoms with E-state index in [9.17, 15) is 8.42 Å². The smallest absolute Gasteiger partial charge is 0.243 e. The van der Waals surface area contributed by atoms with Crippen LogP contribution in [0.2, 0.25) is 0 Å². The topological polar surface area (TPSA) is 74.8 Å². The van der Waals surface area contributed by atoms with E-state index in [1.54, 1.807) is 11.8 Å². The molecular formula is C6H11N3O2S2. The number of sulfonamides is 1. The molecule has 1 heterocycles. The first-order valence-electron chi connectivity index (χ1n) is 3.64. The van der Waals surface area contributed by atoms with Crippen molar-refractivity contribution in [2.45, 2.75) is 4.90 Å². The third-order valence-electron chi connectivity index (χ3n) is 1.38. The van der Waals surface area contributed by atoms with Crippen LogP contribution in [0.3, 0.4) is 0 Å². The fraction of sp³-hybridized carbons (Fsp3) is 0.500. The normalized spacial score (nSPS) is 11.8. The van der Waals surface area contributed by atoms with Gasteiger partial charge in [-0.2, -0.15) is 16.9 Å². The lowest BCUT2D eigenvalue weighted by Gasteiger charge is -2.01. The van der Waals surface area contributed by atoms with Gasteiger partial charge in [-0.25, -0.2) is 13.1 Å². The largest absolute Gasteiger partial charge is 0.284 e. The van der Waals surface area contributed by atoms with Gasteiger partial charge in [0.2, 0.25) is 10.0 Å². The van der Waals surface area contributed by atoms with Crippen LogP contribution in [0.5, 0.6) is 0 Å².